The largest absolute Gasteiger partial charge is 0.329 e. The van der Waals surface area contributed by atoms with E-state index in [1.54, 1.807) is 0 Å². The van der Waals surface area contributed by atoms with Crippen LogP contribution in [0.1, 0.15) is 39.5 Å². The summed E-state index contributed by atoms with van der Waals surface area (Å²) in [5.41, 5.74) is 5.87. The van der Waals surface area contributed by atoms with Crippen LogP contribution in [0.4, 0.5) is 0 Å². The quantitative estimate of drug-likeness (QED) is 0.746. The van der Waals surface area contributed by atoms with Crippen LogP contribution in [0.25, 0.3) is 0 Å². The molecule has 2 aliphatic rings. The molecule has 2 rings (SSSR count). The first-order valence-corrected chi connectivity index (χ1v) is 6.18. The Bertz CT molecular complexity index is 189. The van der Waals surface area contributed by atoms with Gasteiger partial charge in [-0.3, -0.25) is 4.90 Å². The Morgan fingerprint density at radius 1 is 1.36 bits per heavy atom. The van der Waals surface area contributed by atoms with Crippen LogP contribution in [0.15, 0.2) is 0 Å². The summed E-state index contributed by atoms with van der Waals surface area (Å²) in [6.07, 6.45) is 5.58. The van der Waals surface area contributed by atoms with Crippen molar-refractivity contribution in [2.24, 2.45) is 17.6 Å². The Balaban J connectivity index is 1.94. The third kappa shape index (κ3) is 2.12. The normalized spacial score (nSPS) is 37.1. The van der Waals surface area contributed by atoms with Gasteiger partial charge in [0.05, 0.1) is 0 Å². The molecule has 0 amide bonds. The molecule has 1 aliphatic carbocycles. The fraction of sp³-hybridized carbons (Fsp3) is 1.00. The molecule has 0 spiro atoms. The molecule has 2 heteroatoms. The van der Waals surface area contributed by atoms with Crippen LogP contribution in [-0.2, 0) is 0 Å². The molecule has 1 heterocycles. The molecule has 1 saturated heterocycles. The highest BCUT2D eigenvalue weighted by Gasteiger charge is 2.36. The van der Waals surface area contributed by atoms with Gasteiger partial charge in [0.1, 0.15) is 0 Å². The fourth-order valence-electron chi connectivity index (χ4n) is 2.89. The minimum atomic E-state index is 0.661. The van der Waals surface area contributed by atoms with Crippen molar-refractivity contribution in [1.29, 1.82) is 0 Å². The number of likely N-dealkylation sites (tertiary alicyclic amines) is 1. The summed E-state index contributed by atoms with van der Waals surface area (Å²) in [5, 5.41) is 0. The van der Waals surface area contributed by atoms with Crippen molar-refractivity contribution >= 4 is 0 Å². The van der Waals surface area contributed by atoms with Gasteiger partial charge in [-0.15, -0.1) is 0 Å². The Kier molecular flexibility index (Phi) is 3.13. The molecule has 0 bridgehead atoms. The van der Waals surface area contributed by atoms with Crippen molar-refractivity contribution in [3.63, 3.8) is 0 Å². The van der Waals surface area contributed by atoms with Gasteiger partial charge in [0, 0.05) is 18.6 Å². The predicted octanol–water partition coefficient (Wildman–Crippen LogP) is 1.84. The lowest BCUT2D eigenvalue weighted by molar-refractivity contribution is 0.0738. The Morgan fingerprint density at radius 2 is 2.07 bits per heavy atom. The van der Waals surface area contributed by atoms with Crippen molar-refractivity contribution in [2.75, 3.05) is 13.1 Å². The zero-order chi connectivity index (χ0) is 10.1. The van der Waals surface area contributed by atoms with E-state index in [2.05, 4.69) is 18.7 Å². The summed E-state index contributed by atoms with van der Waals surface area (Å²) < 4.78 is 0. The van der Waals surface area contributed by atoms with E-state index < -0.39 is 0 Å². The number of nitrogens with two attached hydrogens (primary N) is 1. The Hall–Kier alpha value is -0.0800. The molecule has 14 heavy (non-hydrogen) atoms. The second-order valence-electron chi connectivity index (χ2n) is 5.33. The van der Waals surface area contributed by atoms with E-state index in [1.165, 1.54) is 32.2 Å². The summed E-state index contributed by atoms with van der Waals surface area (Å²) in [7, 11) is 0. The third-order valence-electron chi connectivity index (χ3n) is 4.12. The first-order chi connectivity index (χ1) is 6.72. The molecular formula is C12H24N2. The van der Waals surface area contributed by atoms with Crippen LogP contribution < -0.4 is 5.73 Å². The number of hydrogen-bond donors (Lipinski definition) is 1. The van der Waals surface area contributed by atoms with Crippen LogP contribution in [-0.4, -0.2) is 30.1 Å². The smallest absolute Gasteiger partial charge is 0.0223 e. The van der Waals surface area contributed by atoms with Gasteiger partial charge in [-0.25, -0.2) is 0 Å². The van der Waals surface area contributed by atoms with Gasteiger partial charge in [-0.2, -0.15) is 0 Å². The van der Waals surface area contributed by atoms with Crippen molar-refractivity contribution in [1.82, 2.24) is 4.90 Å². The number of nitrogens with zero attached hydrogens (tertiary/aromatic N) is 1. The lowest BCUT2D eigenvalue weighted by Gasteiger charge is -2.42. The molecule has 1 aliphatic heterocycles. The van der Waals surface area contributed by atoms with Gasteiger partial charge in [-0.1, -0.05) is 6.92 Å². The van der Waals surface area contributed by atoms with Gasteiger partial charge in [0.25, 0.3) is 0 Å². The molecule has 0 aromatic carbocycles. The van der Waals surface area contributed by atoms with E-state index in [0.717, 1.165) is 24.4 Å². The van der Waals surface area contributed by atoms with Gasteiger partial charge in [0.15, 0.2) is 0 Å². The first kappa shape index (κ1) is 10.4. The molecule has 82 valence electrons. The highest BCUT2D eigenvalue weighted by molar-refractivity contribution is 4.91. The van der Waals surface area contributed by atoms with Crippen LogP contribution in [0.5, 0.6) is 0 Å². The molecule has 1 saturated carbocycles. The molecule has 3 unspecified atom stereocenters. The zero-order valence-corrected chi connectivity index (χ0v) is 9.58. The standard InChI is InChI=1S/C12H24N2/c1-9-5-6-14(12(7-9)8-13)10(2)11-3-4-11/h9-12H,3-8,13H2,1-2H3. The second kappa shape index (κ2) is 4.19. The maximum atomic E-state index is 5.87. The van der Waals surface area contributed by atoms with Crippen LogP contribution in [0, 0.1) is 11.8 Å². The van der Waals surface area contributed by atoms with Crippen molar-refractivity contribution in [3.8, 4) is 0 Å². The molecule has 2 fully saturated rings. The van der Waals surface area contributed by atoms with Gasteiger partial charge in [0.2, 0.25) is 0 Å². The van der Waals surface area contributed by atoms with Crippen LogP contribution >= 0.6 is 0 Å². The lowest BCUT2D eigenvalue weighted by atomic mass is 9.90. The average Bonchev–Trinajstić information content (AvgIpc) is 3.00. The summed E-state index contributed by atoms with van der Waals surface area (Å²) in [5.74, 6) is 1.86. The Morgan fingerprint density at radius 3 is 2.64 bits per heavy atom. The number of hydrogen-bond acceptors (Lipinski definition) is 2. The van der Waals surface area contributed by atoms with E-state index >= 15 is 0 Å². The minimum Gasteiger partial charge on any atom is -0.329 e. The molecule has 2 N–H and O–H groups in total. The van der Waals surface area contributed by atoms with Crippen molar-refractivity contribution < 1.29 is 0 Å². The molecule has 0 aromatic rings. The summed E-state index contributed by atoms with van der Waals surface area (Å²) in [4.78, 5) is 2.68. The van der Waals surface area contributed by atoms with E-state index in [9.17, 15) is 0 Å². The molecule has 3 atom stereocenters. The molecular weight excluding hydrogens is 172 g/mol. The van der Waals surface area contributed by atoms with E-state index in [1.807, 2.05) is 0 Å². The summed E-state index contributed by atoms with van der Waals surface area (Å²) in [6, 6.07) is 1.45. The summed E-state index contributed by atoms with van der Waals surface area (Å²) >= 11 is 0. The third-order valence-corrected chi connectivity index (χ3v) is 4.12. The monoisotopic (exact) mass is 196 g/mol. The maximum Gasteiger partial charge on any atom is 0.0223 e. The molecule has 0 aromatic heterocycles. The average molecular weight is 196 g/mol. The van der Waals surface area contributed by atoms with E-state index in [4.69, 9.17) is 5.73 Å². The van der Waals surface area contributed by atoms with Gasteiger partial charge in [-0.05, 0) is 51.0 Å². The summed E-state index contributed by atoms with van der Waals surface area (Å²) in [6.45, 7) is 6.89. The lowest BCUT2D eigenvalue weighted by Crippen LogP contribution is -2.50. The SMILES string of the molecule is CC1CCN(C(C)C2CC2)C(CN)C1. The predicted molar refractivity (Wildman–Crippen MR) is 60.1 cm³/mol. The number of piperidine rings is 1. The highest BCUT2D eigenvalue weighted by Crippen LogP contribution is 2.37. The van der Waals surface area contributed by atoms with Crippen molar-refractivity contribution in [2.45, 2.75) is 51.6 Å². The fourth-order valence-corrected chi connectivity index (χ4v) is 2.89. The topological polar surface area (TPSA) is 29.3 Å². The first-order valence-electron chi connectivity index (χ1n) is 6.18. The molecule has 0 radical (unpaired) electrons. The Labute approximate surface area is 87.8 Å². The minimum absolute atomic E-state index is 0.661. The van der Waals surface area contributed by atoms with Crippen LogP contribution in [0.2, 0.25) is 0 Å². The second-order valence-corrected chi connectivity index (χ2v) is 5.33. The zero-order valence-electron chi connectivity index (χ0n) is 9.58. The van der Waals surface area contributed by atoms with Crippen molar-refractivity contribution in [3.05, 3.63) is 0 Å². The number of rotatable bonds is 3. The van der Waals surface area contributed by atoms with E-state index in [0.29, 0.717) is 6.04 Å². The van der Waals surface area contributed by atoms with E-state index in [-0.39, 0.29) is 0 Å². The molecule has 2 nitrogen and oxygen atoms in total. The highest BCUT2D eigenvalue weighted by atomic mass is 15.2. The maximum absolute atomic E-state index is 5.87. The van der Waals surface area contributed by atoms with Gasteiger partial charge >= 0.3 is 0 Å². The van der Waals surface area contributed by atoms with Gasteiger partial charge < -0.3 is 5.73 Å². The van der Waals surface area contributed by atoms with Crippen LogP contribution in [0.3, 0.4) is 0 Å².